The number of amides is 1. The van der Waals surface area contributed by atoms with Crippen molar-refractivity contribution in [3.8, 4) is 0 Å². The first-order chi connectivity index (χ1) is 10.7. The lowest BCUT2D eigenvalue weighted by Crippen LogP contribution is -2.38. The molecular formula is C17H18FN3O. The zero-order chi connectivity index (χ0) is 15.4. The number of hydrogen-bond acceptors (Lipinski definition) is 3. The summed E-state index contributed by atoms with van der Waals surface area (Å²) in [5, 5.41) is 3.06. The third-order valence-corrected chi connectivity index (χ3v) is 4.18. The van der Waals surface area contributed by atoms with Crippen molar-refractivity contribution in [3.63, 3.8) is 0 Å². The minimum absolute atomic E-state index is 0.138. The summed E-state index contributed by atoms with van der Waals surface area (Å²) in [6, 6.07) is 6.73. The second-order valence-electron chi connectivity index (χ2n) is 5.69. The topological polar surface area (TPSA) is 54.9 Å². The van der Waals surface area contributed by atoms with Gasteiger partial charge in [-0.25, -0.2) is 9.37 Å². The van der Waals surface area contributed by atoms with E-state index in [1.807, 2.05) is 12.1 Å². The Kier molecular flexibility index (Phi) is 4.42. The zero-order valence-corrected chi connectivity index (χ0v) is 12.2. The molecule has 1 aliphatic rings. The van der Waals surface area contributed by atoms with Crippen LogP contribution in [0.4, 0.5) is 4.39 Å². The van der Waals surface area contributed by atoms with Crippen LogP contribution in [-0.4, -0.2) is 21.9 Å². The van der Waals surface area contributed by atoms with Crippen molar-refractivity contribution in [3.05, 3.63) is 59.9 Å². The Balaban J connectivity index is 1.63. The monoisotopic (exact) mass is 299 g/mol. The number of carbonyl (C=O) groups is 1. The molecule has 1 heterocycles. The van der Waals surface area contributed by atoms with E-state index in [2.05, 4.69) is 15.3 Å². The van der Waals surface area contributed by atoms with Gasteiger partial charge in [-0.2, -0.15) is 0 Å². The van der Waals surface area contributed by atoms with Crippen molar-refractivity contribution in [2.45, 2.75) is 31.7 Å². The highest BCUT2D eigenvalue weighted by atomic mass is 19.1. The van der Waals surface area contributed by atoms with Crippen LogP contribution >= 0.6 is 0 Å². The van der Waals surface area contributed by atoms with Crippen molar-refractivity contribution in [1.29, 1.82) is 0 Å². The first-order valence-corrected chi connectivity index (χ1v) is 7.53. The number of rotatable bonds is 4. The molecule has 1 aromatic heterocycles. The van der Waals surface area contributed by atoms with Crippen LogP contribution in [0.1, 0.15) is 35.3 Å². The fraction of sp³-hybridized carbons (Fsp3) is 0.353. The summed E-state index contributed by atoms with van der Waals surface area (Å²) in [5.41, 5.74) is 1.45. The predicted molar refractivity (Wildman–Crippen MR) is 80.7 cm³/mol. The molecule has 0 bridgehead atoms. The molecule has 1 aliphatic carbocycles. The molecule has 0 saturated heterocycles. The molecule has 1 fully saturated rings. The molecule has 2 atom stereocenters. The van der Waals surface area contributed by atoms with Crippen molar-refractivity contribution in [2.24, 2.45) is 5.92 Å². The summed E-state index contributed by atoms with van der Waals surface area (Å²) in [6.45, 7) is 0. The van der Waals surface area contributed by atoms with E-state index in [1.165, 1.54) is 24.5 Å². The third kappa shape index (κ3) is 3.47. The van der Waals surface area contributed by atoms with Crippen LogP contribution in [-0.2, 0) is 6.42 Å². The lowest BCUT2D eigenvalue weighted by atomic mass is 9.94. The molecule has 4 nitrogen and oxygen atoms in total. The molecule has 3 rings (SSSR count). The van der Waals surface area contributed by atoms with Gasteiger partial charge in [-0.1, -0.05) is 18.6 Å². The van der Waals surface area contributed by atoms with Crippen molar-refractivity contribution in [2.75, 3.05) is 0 Å². The van der Waals surface area contributed by atoms with Crippen molar-refractivity contribution >= 4 is 5.91 Å². The minimum atomic E-state index is -0.220. The normalized spacial score (nSPS) is 20.8. The van der Waals surface area contributed by atoms with E-state index in [0.717, 1.165) is 31.2 Å². The van der Waals surface area contributed by atoms with E-state index < -0.39 is 0 Å². The molecule has 5 heteroatoms. The molecule has 0 unspecified atom stereocenters. The lowest BCUT2D eigenvalue weighted by molar-refractivity contribution is 0.0922. The van der Waals surface area contributed by atoms with Crippen LogP contribution in [0, 0.1) is 11.7 Å². The largest absolute Gasteiger partial charge is 0.348 e. The first-order valence-electron chi connectivity index (χ1n) is 7.53. The molecule has 1 amide bonds. The van der Waals surface area contributed by atoms with Gasteiger partial charge in [-0.05, 0) is 42.9 Å². The van der Waals surface area contributed by atoms with Crippen LogP contribution in [0.2, 0.25) is 0 Å². The number of halogens is 1. The second-order valence-corrected chi connectivity index (χ2v) is 5.69. The first kappa shape index (κ1) is 14.6. The number of carbonyl (C=O) groups excluding carboxylic acids is 1. The van der Waals surface area contributed by atoms with E-state index >= 15 is 0 Å². The summed E-state index contributed by atoms with van der Waals surface area (Å²) >= 11 is 0. The Bertz CT molecular complexity index is 630. The fourth-order valence-corrected chi connectivity index (χ4v) is 3.05. The summed E-state index contributed by atoms with van der Waals surface area (Å²) in [7, 11) is 0. The number of aromatic nitrogens is 2. The highest BCUT2D eigenvalue weighted by Gasteiger charge is 2.29. The molecule has 22 heavy (non-hydrogen) atoms. The molecule has 2 aromatic rings. The molecule has 0 radical (unpaired) electrons. The Morgan fingerprint density at radius 3 is 2.77 bits per heavy atom. The van der Waals surface area contributed by atoms with Crippen molar-refractivity contribution in [1.82, 2.24) is 15.3 Å². The fourth-order valence-electron chi connectivity index (χ4n) is 3.05. The van der Waals surface area contributed by atoms with E-state index in [1.54, 1.807) is 6.20 Å². The van der Waals surface area contributed by atoms with Gasteiger partial charge in [0.2, 0.25) is 0 Å². The third-order valence-electron chi connectivity index (χ3n) is 4.18. The van der Waals surface area contributed by atoms with Gasteiger partial charge < -0.3 is 5.32 Å². The summed E-state index contributed by atoms with van der Waals surface area (Å²) in [4.78, 5) is 20.1. The van der Waals surface area contributed by atoms with Crippen LogP contribution < -0.4 is 5.32 Å². The van der Waals surface area contributed by atoms with Crippen LogP contribution in [0.25, 0.3) is 0 Å². The lowest BCUT2D eigenvalue weighted by Gasteiger charge is -2.21. The van der Waals surface area contributed by atoms with Gasteiger partial charge in [-0.15, -0.1) is 0 Å². The quantitative estimate of drug-likeness (QED) is 0.944. The molecule has 1 aromatic carbocycles. The van der Waals surface area contributed by atoms with Gasteiger partial charge in [0.1, 0.15) is 11.5 Å². The van der Waals surface area contributed by atoms with Gasteiger partial charge >= 0.3 is 0 Å². The van der Waals surface area contributed by atoms with Gasteiger partial charge in [0, 0.05) is 18.4 Å². The average molecular weight is 299 g/mol. The van der Waals surface area contributed by atoms with Crippen LogP contribution in [0.15, 0.2) is 42.9 Å². The molecular weight excluding hydrogens is 281 g/mol. The molecule has 0 spiro atoms. The summed E-state index contributed by atoms with van der Waals surface area (Å²) in [5.74, 6) is -0.0159. The Morgan fingerprint density at radius 1 is 1.23 bits per heavy atom. The van der Waals surface area contributed by atoms with Crippen LogP contribution in [0.3, 0.4) is 0 Å². The molecule has 114 valence electrons. The highest BCUT2D eigenvalue weighted by Crippen LogP contribution is 2.29. The van der Waals surface area contributed by atoms with Gasteiger partial charge in [0.05, 0.1) is 6.20 Å². The number of hydrogen-bond donors (Lipinski definition) is 1. The highest BCUT2D eigenvalue weighted by molar-refractivity contribution is 5.92. The molecule has 0 aliphatic heterocycles. The maximum atomic E-state index is 13.0. The number of nitrogens with zero attached hydrogens (tertiary/aromatic N) is 2. The van der Waals surface area contributed by atoms with Crippen molar-refractivity contribution < 1.29 is 9.18 Å². The van der Waals surface area contributed by atoms with E-state index in [9.17, 15) is 9.18 Å². The van der Waals surface area contributed by atoms with E-state index in [-0.39, 0.29) is 17.8 Å². The Hall–Kier alpha value is -2.30. The maximum Gasteiger partial charge on any atom is 0.271 e. The molecule has 1 N–H and O–H groups in total. The van der Waals surface area contributed by atoms with Crippen LogP contribution in [0.5, 0.6) is 0 Å². The summed E-state index contributed by atoms with van der Waals surface area (Å²) < 4.78 is 13.0. The minimum Gasteiger partial charge on any atom is -0.348 e. The standard InChI is InChI=1S/C17H18FN3O/c18-14-6-4-12(5-7-14)10-13-2-1-3-15(13)21-17(22)16-11-19-8-9-20-16/h4-9,11,13,15H,1-3,10H2,(H,21,22)/t13-,15-/m0/s1. The van der Waals surface area contributed by atoms with E-state index in [0.29, 0.717) is 11.6 Å². The Labute approximate surface area is 128 Å². The SMILES string of the molecule is O=C(N[C@H]1CCC[C@H]1Cc1ccc(F)cc1)c1cnccn1. The predicted octanol–water partition coefficient (Wildman–Crippen LogP) is 2.76. The Morgan fingerprint density at radius 2 is 2.05 bits per heavy atom. The van der Waals surface area contributed by atoms with Gasteiger partial charge in [0.15, 0.2) is 0 Å². The summed E-state index contributed by atoms with van der Waals surface area (Å²) in [6.07, 6.45) is 8.52. The smallest absolute Gasteiger partial charge is 0.271 e. The van der Waals surface area contributed by atoms with Gasteiger partial charge in [-0.3, -0.25) is 9.78 Å². The molecule has 1 saturated carbocycles. The number of nitrogens with one attached hydrogen (secondary N) is 1. The average Bonchev–Trinajstić information content (AvgIpc) is 2.97. The maximum absolute atomic E-state index is 13.0. The zero-order valence-electron chi connectivity index (χ0n) is 12.2. The second kappa shape index (κ2) is 6.64. The van der Waals surface area contributed by atoms with E-state index in [4.69, 9.17) is 0 Å². The van der Waals surface area contributed by atoms with Gasteiger partial charge in [0.25, 0.3) is 5.91 Å². The number of benzene rings is 1.